The number of ether oxygens (including phenoxy) is 2. The molecule has 0 radical (unpaired) electrons. The van der Waals surface area contributed by atoms with Gasteiger partial charge in [-0.25, -0.2) is 0 Å². The van der Waals surface area contributed by atoms with Gasteiger partial charge in [-0.15, -0.1) is 0 Å². The summed E-state index contributed by atoms with van der Waals surface area (Å²) in [4.78, 5) is 24.9. The van der Waals surface area contributed by atoms with Crippen molar-refractivity contribution >= 4 is 11.8 Å². The van der Waals surface area contributed by atoms with Gasteiger partial charge in [0.2, 0.25) is 11.8 Å². The molecule has 2 aromatic rings. The van der Waals surface area contributed by atoms with Gasteiger partial charge in [-0.3, -0.25) is 9.59 Å². The van der Waals surface area contributed by atoms with Crippen molar-refractivity contribution in [2.24, 2.45) is 0 Å². The second-order valence-electron chi connectivity index (χ2n) is 7.20. The minimum Gasteiger partial charge on any atom is -0.497 e. The first kappa shape index (κ1) is 21.4. The fraction of sp³-hybridized carbons (Fsp3) is 0.333. The highest BCUT2D eigenvalue weighted by atomic mass is 16.5. The minimum atomic E-state index is -0.257. The lowest BCUT2D eigenvalue weighted by atomic mass is 9.99. The number of benzene rings is 2. The van der Waals surface area contributed by atoms with Crippen molar-refractivity contribution in [3.63, 3.8) is 0 Å². The first-order chi connectivity index (χ1) is 14.6. The molecule has 0 unspecified atom stereocenters. The second kappa shape index (κ2) is 10.5. The van der Waals surface area contributed by atoms with Gasteiger partial charge in [0.15, 0.2) is 0 Å². The molecular formula is C24H28N2O4. The molecule has 1 heterocycles. The lowest BCUT2D eigenvalue weighted by Gasteiger charge is -2.22. The molecule has 0 spiro atoms. The topological polar surface area (TPSA) is 76.7 Å². The van der Waals surface area contributed by atoms with E-state index in [2.05, 4.69) is 16.7 Å². The zero-order valence-corrected chi connectivity index (χ0v) is 17.4. The van der Waals surface area contributed by atoms with Crippen LogP contribution < -0.4 is 20.1 Å². The van der Waals surface area contributed by atoms with Crippen LogP contribution in [0.2, 0.25) is 0 Å². The fourth-order valence-corrected chi connectivity index (χ4v) is 3.56. The Kier molecular flexibility index (Phi) is 7.49. The Morgan fingerprint density at radius 1 is 0.800 bits per heavy atom. The molecule has 0 aromatic heterocycles. The van der Waals surface area contributed by atoms with E-state index in [0.717, 1.165) is 11.1 Å². The maximum atomic E-state index is 12.5. The van der Waals surface area contributed by atoms with Crippen LogP contribution in [0.15, 0.2) is 60.7 Å². The van der Waals surface area contributed by atoms with Gasteiger partial charge >= 0.3 is 0 Å². The van der Waals surface area contributed by atoms with Crippen LogP contribution in [0, 0.1) is 0 Å². The van der Waals surface area contributed by atoms with Gasteiger partial charge in [-0.2, -0.15) is 0 Å². The van der Waals surface area contributed by atoms with Crippen LogP contribution in [-0.4, -0.2) is 26.0 Å². The standard InChI is InChI=1S/C24H28N2O4/c1-29-18-12-13-19(22(16-18)30-2)21-11-7-6-10-20(17-8-4-3-5-9-17)25-23(27)14-15-24(28)26-21/h3-9,12-13,16,20-21H,10-11,14-15H2,1-2H3,(H,25,27)(H,26,28)/b7-6-/t20-,21+/m1/s1. The predicted octanol–water partition coefficient (Wildman–Crippen LogP) is 3.85. The average molecular weight is 408 g/mol. The first-order valence-electron chi connectivity index (χ1n) is 10.1. The molecule has 1 aliphatic heterocycles. The molecule has 2 atom stereocenters. The Labute approximate surface area is 177 Å². The summed E-state index contributed by atoms with van der Waals surface area (Å²) in [5.74, 6) is 1.04. The molecule has 3 rings (SSSR count). The number of nitrogens with one attached hydrogen (secondary N) is 2. The first-order valence-corrected chi connectivity index (χ1v) is 10.1. The van der Waals surface area contributed by atoms with Gasteiger partial charge in [-0.05, 0) is 30.5 Å². The van der Waals surface area contributed by atoms with E-state index in [1.165, 1.54) is 0 Å². The Morgan fingerprint density at radius 2 is 1.43 bits per heavy atom. The maximum absolute atomic E-state index is 12.5. The van der Waals surface area contributed by atoms with Crippen LogP contribution in [-0.2, 0) is 9.59 Å². The number of carbonyl (C=O) groups excluding carboxylic acids is 2. The molecule has 158 valence electrons. The van der Waals surface area contributed by atoms with Crippen LogP contribution >= 0.6 is 0 Å². The number of methoxy groups -OCH3 is 2. The van der Waals surface area contributed by atoms with E-state index in [9.17, 15) is 9.59 Å². The number of rotatable bonds is 4. The Hall–Kier alpha value is -3.28. The summed E-state index contributed by atoms with van der Waals surface area (Å²) in [7, 11) is 3.20. The Balaban J connectivity index is 1.84. The van der Waals surface area contributed by atoms with Crippen molar-refractivity contribution in [3.8, 4) is 11.5 Å². The van der Waals surface area contributed by atoms with Crippen molar-refractivity contribution in [1.29, 1.82) is 0 Å². The molecule has 2 N–H and O–H groups in total. The highest BCUT2D eigenvalue weighted by molar-refractivity contribution is 5.84. The van der Waals surface area contributed by atoms with Crippen LogP contribution in [0.5, 0.6) is 11.5 Å². The van der Waals surface area contributed by atoms with Crippen molar-refractivity contribution < 1.29 is 19.1 Å². The third-order valence-electron chi connectivity index (χ3n) is 5.18. The van der Waals surface area contributed by atoms with E-state index in [1.54, 1.807) is 20.3 Å². The lowest BCUT2D eigenvalue weighted by Crippen LogP contribution is -2.32. The van der Waals surface area contributed by atoms with Crippen LogP contribution in [0.4, 0.5) is 0 Å². The lowest BCUT2D eigenvalue weighted by molar-refractivity contribution is -0.127. The molecular weight excluding hydrogens is 380 g/mol. The van der Waals surface area contributed by atoms with E-state index >= 15 is 0 Å². The monoisotopic (exact) mass is 408 g/mol. The van der Waals surface area contributed by atoms with Crippen molar-refractivity contribution in [2.45, 2.75) is 37.8 Å². The number of amides is 2. The van der Waals surface area contributed by atoms with Gasteiger partial charge in [0.25, 0.3) is 0 Å². The average Bonchev–Trinajstić information content (AvgIpc) is 2.78. The van der Waals surface area contributed by atoms with Gasteiger partial charge in [0, 0.05) is 24.5 Å². The van der Waals surface area contributed by atoms with E-state index in [0.29, 0.717) is 24.3 Å². The number of hydrogen-bond acceptors (Lipinski definition) is 4. The summed E-state index contributed by atoms with van der Waals surface area (Å²) >= 11 is 0. The Morgan fingerprint density at radius 3 is 2.07 bits per heavy atom. The molecule has 0 aliphatic carbocycles. The van der Waals surface area contributed by atoms with Gasteiger partial charge in [0.1, 0.15) is 11.5 Å². The molecule has 1 aliphatic rings. The fourth-order valence-electron chi connectivity index (χ4n) is 3.56. The molecule has 30 heavy (non-hydrogen) atoms. The number of carbonyl (C=O) groups is 2. The van der Waals surface area contributed by atoms with Crippen molar-refractivity contribution in [2.75, 3.05) is 14.2 Å². The second-order valence-corrected chi connectivity index (χ2v) is 7.20. The van der Waals surface area contributed by atoms with Gasteiger partial charge in [-0.1, -0.05) is 42.5 Å². The Bertz CT molecular complexity index is 895. The van der Waals surface area contributed by atoms with Crippen LogP contribution in [0.3, 0.4) is 0 Å². The maximum Gasteiger partial charge on any atom is 0.221 e. The summed E-state index contributed by atoms with van der Waals surface area (Å²) in [6, 6.07) is 15.1. The molecule has 6 nitrogen and oxygen atoms in total. The van der Waals surface area contributed by atoms with Gasteiger partial charge in [0.05, 0.1) is 26.3 Å². The molecule has 6 heteroatoms. The zero-order valence-electron chi connectivity index (χ0n) is 17.4. The highest BCUT2D eigenvalue weighted by Crippen LogP contribution is 2.32. The van der Waals surface area contributed by atoms with Crippen LogP contribution in [0.1, 0.15) is 48.9 Å². The summed E-state index contributed by atoms with van der Waals surface area (Å²) in [6.45, 7) is 0. The van der Waals surface area contributed by atoms with Crippen molar-refractivity contribution in [3.05, 3.63) is 71.8 Å². The molecule has 0 saturated carbocycles. The minimum absolute atomic E-state index is 0.119. The molecule has 2 amide bonds. The van der Waals surface area contributed by atoms with Gasteiger partial charge < -0.3 is 20.1 Å². The van der Waals surface area contributed by atoms with E-state index in [1.807, 2.05) is 48.5 Å². The SMILES string of the molecule is COc1ccc([C@@H]2C/C=C\C[C@H](c3ccccc3)NC(=O)CCC(=O)N2)c(OC)c1. The summed E-state index contributed by atoms with van der Waals surface area (Å²) in [5.41, 5.74) is 1.92. The zero-order chi connectivity index (χ0) is 21.3. The normalized spacial score (nSPS) is 21.4. The number of hydrogen-bond donors (Lipinski definition) is 2. The summed E-state index contributed by atoms with van der Waals surface area (Å²) in [6.07, 6.45) is 5.66. The van der Waals surface area contributed by atoms with Crippen LogP contribution in [0.25, 0.3) is 0 Å². The molecule has 0 bridgehead atoms. The molecule has 0 fully saturated rings. The quantitative estimate of drug-likeness (QED) is 0.754. The summed E-state index contributed by atoms with van der Waals surface area (Å²) < 4.78 is 10.8. The van der Waals surface area contributed by atoms with Crippen molar-refractivity contribution in [1.82, 2.24) is 10.6 Å². The molecule has 0 saturated heterocycles. The molecule has 2 aromatic carbocycles. The van der Waals surface area contributed by atoms with E-state index in [-0.39, 0.29) is 36.7 Å². The smallest absolute Gasteiger partial charge is 0.221 e. The predicted molar refractivity (Wildman–Crippen MR) is 115 cm³/mol. The van der Waals surface area contributed by atoms with E-state index < -0.39 is 0 Å². The van der Waals surface area contributed by atoms with E-state index in [4.69, 9.17) is 9.47 Å². The third kappa shape index (κ3) is 5.63. The summed E-state index contributed by atoms with van der Waals surface area (Å²) in [5, 5.41) is 6.08. The third-order valence-corrected chi connectivity index (χ3v) is 5.18. The largest absolute Gasteiger partial charge is 0.497 e. The highest BCUT2D eigenvalue weighted by Gasteiger charge is 2.20.